The van der Waals surface area contributed by atoms with Crippen LogP contribution in [0.1, 0.15) is 23.9 Å². The predicted octanol–water partition coefficient (Wildman–Crippen LogP) is 3.07. The highest BCUT2D eigenvalue weighted by atomic mass is 32.2. The Morgan fingerprint density at radius 2 is 1.86 bits per heavy atom. The average Bonchev–Trinajstić information content (AvgIpc) is 2.86. The number of thioether (sulfide) groups is 1. The molecule has 0 unspecified atom stereocenters. The molecule has 114 valence electrons. The van der Waals surface area contributed by atoms with E-state index in [0.29, 0.717) is 24.7 Å². The van der Waals surface area contributed by atoms with Crippen LogP contribution in [0.5, 0.6) is 0 Å². The third-order valence-corrected chi connectivity index (χ3v) is 3.98. The van der Waals surface area contributed by atoms with E-state index >= 15 is 0 Å². The first kappa shape index (κ1) is 15.8. The fourth-order valence-corrected chi connectivity index (χ4v) is 2.81. The van der Waals surface area contributed by atoms with Gasteiger partial charge < -0.3 is 10.3 Å². The topological polar surface area (TPSA) is 56.7 Å². The molecule has 0 saturated heterocycles. The van der Waals surface area contributed by atoms with Gasteiger partial charge in [0.15, 0.2) is 5.16 Å². The van der Waals surface area contributed by atoms with Gasteiger partial charge in [-0.2, -0.15) is 13.2 Å². The highest BCUT2D eigenvalue weighted by molar-refractivity contribution is 7.98. The van der Waals surface area contributed by atoms with Crippen LogP contribution in [-0.2, 0) is 25.0 Å². The SMILES string of the molecule is CCn1c(CN)nnc1SCc1ccc(C(F)(F)F)cc1. The minimum absolute atomic E-state index is 0.307. The molecule has 0 atom stereocenters. The Hall–Kier alpha value is -1.54. The molecule has 1 aromatic heterocycles. The van der Waals surface area contributed by atoms with E-state index in [2.05, 4.69) is 10.2 Å². The van der Waals surface area contributed by atoms with Gasteiger partial charge in [0.05, 0.1) is 12.1 Å². The van der Waals surface area contributed by atoms with Crippen molar-refractivity contribution in [2.75, 3.05) is 0 Å². The monoisotopic (exact) mass is 316 g/mol. The summed E-state index contributed by atoms with van der Waals surface area (Å²) in [5.74, 6) is 1.23. The quantitative estimate of drug-likeness (QED) is 0.861. The lowest BCUT2D eigenvalue weighted by Crippen LogP contribution is -2.08. The van der Waals surface area contributed by atoms with Crippen molar-refractivity contribution < 1.29 is 13.2 Å². The molecule has 0 amide bonds. The summed E-state index contributed by atoms with van der Waals surface area (Å²) in [6.07, 6.45) is -4.30. The molecular weight excluding hydrogens is 301 g/mol. The summed E-state index contributed by atoms with van der Waals surface area (Å²) in [5.41, 5.74) is 5.72. The Morgan fingerprint density at radius 1 is 1.19 bits per heavy atom. The highest BCUT2D eigenvalue weighted by Gasteiger charge is 2.29. The van der Waals surface area contributed by atoms with Gasteiger partial charge >= 0.3 is 6.18 Å². The van der Waals surface area contributed by atoms with Gasteiger partial charge in [0, 0.05) is 12.3 Å². The van der Waals surface area contributed by atoms with Gasteiger partial charge in [-0.1, -0.05) is 23.9 Å². The van der Waals surface area contributed by atoms with Gasteiger partial charge in [-0.25, -0.2) is 0 Å². The van der Waals surface area contributed by atoms with Crippen LogP contribution in [0.3, 0.4) is 0 Å². The fourth-order valence-electron chi connectivity index (χ4n) is 1.83. The van der Waals surface area contributed by atoms with Crippen molar-refractivity contribution in [3.8, 4) is 0 Å². The number of benzene rings is 1. The highest BCUT2D eigenvalue weighted by Crippen LogP contribution is 2.30. The molecule has 1 heterocycles. The van der Waals surface area contributed by atoms with E-state index in [4.69, 9.17) is 5.73 Å². The number of alkyl halides is 3. The average molecular weight is 316 g/mol. The molecule has 2 rings (SSSR count). The van der Waals surface area contributed by atoms with Crippen LogP contribution in [0.15, 0.2) is 29.4 Å². The summed E-state index contributed by atoms with van der Waals surface area (Å²) in [5, 5.41) is 8.75. The first-order valence-corrected chi connectivity index (χ1v) is 7.35. The van der Waals surface area contributed by atoms with E-state index in [1.165, 1.54) is 23.9 Å². The number of rotatable bonds is 5. The Balaban J connectivity index is 2.05. The minimum Gasteiger partial charge on any atom is -0.324 e. The molecular formula is C13H15F3N4S. The number of nitrogens with zero attached hydrogens (tertiary/aromatic N) is 3. The van der Waals surface area contributed by atoms with Gasteiger partial charge in [0.25, 0.3) is 0 Å². The van der Waals surface area contributed by atoms with E-state index in [9.17, 15) is 13.2 Å². The van der Waals surface area contributed by atoms with Gasteiger partial charge in [-0.15, -0.1) is 10.2 Å². The second-order valence-electron chi connectivity index (χ2n) is 4.33. The van der Waals surface area contributed by atoms with Crippen LogP contribution in [0.25, 0.3) is 0 Å². The van der Waals surface area contributed by atoms with Crippen LogP contribution < -0.4 is 5.73 Å². The Kier molecular flexibility index (Phi) is 4.89. The van der Waals surface area contributed by atoms with Crippen molar-refractivity contribution in [1.82, 2.24) is 14.8 Å². The standard InChI is InChI=1S/C13H15F3N4S/c1-2-20-11(7-17)18-19-12(20)21-8-9-3-5-10(6-4-9)13(14,15)16/h3-6H,2,7-8,17H2,1H3. The summed E-state index contributed by atoms with van der Waals surface area (Å²) in [6.45, 7) is 2.97. The van der Waals surface area contributed by atoms with Crippen molar-refractivity contribution in [3.63, 3.8) is 0 Å². The van der Waals surface area contributed by atoms with Gasteiger partial charge in [0.2, 0.25) is 0 Å². The van der Waals surface area contributed by atoms with Crippen molar-refractivity contribution >= 4 is 11.8 Å². The molecule has 8 heteroatoms. The predicted molar refractivity (Wildman–Crippen MR) is 74.6 cm³/mol. The van der Waals surface area contributed by atoms with Crippen LogP contribution >= 0.6 is 11.8 Å². The molecule has 0 aliphatic carbocycles. The van der Waals surface area contributed by atoms with Crippen molar-refractivity contribution in [1.29, 1.82) is 0 Å². The first-order chi connectivity index (χ1) is 9.95. The normalized spacial score (nSPS) is 11.9. The third kappa shape index (κ3) is 3.76. The summed E-state index contributed by atoms with van der Waals surface area (Å²) in [4.78, 5) is 0. The van der Waals surface area contributed by atoms with Gasteiger partial charge in [0.1, 0.15) is 5.82 Å². The molecule has 0 bridgehead atoms. The maximum absolute atomic E-state index is 12.5. The molecule has 0 spiro atoms. The second-order valence-corrected chi connectivity index (χ2v) is 5.27. The lowest BCUT2D eigenvalue weighted by molar-refractivity contribution is -0.137. The van der Waals surface area contributed by atoms with E-state index in [-0.39, 0.29) is 0 Å². The van der Waals surface area contributed by atoms with E-state index < -0.39 is 11.7 Å². The van der Waals surface area contributed by atoms with Crippen molar-refractivity contribution in [2.45, 2.75) is 37.1 Å². The zero-order valence-electron chi connectivity index (χ0n) is 11.4. The number of halogens is 3. The summed E-state index contributed by atoms with van der Waals surface area (Å²) >= 11 is 1.43. The van der Waals surface area contributed by atoms with E-state index in [1.807, 2.05) is 11.5 Å². The summed E-state index contributed by atoms with van der Waals surface area (Å²) in [7, 11) is 0. The van der Waals surface area contributed by atoms with Crippen LogP contribution in [0.4, 0.5) is 13.2 Å². The maximum atomic E-state index is 12.5. The number of hydrogen-bond donors (Lipinski definition) is 1. The smallest absolute Gasteiger partial charge is 0.324 e. The molecule has 0 saturated carbocycles. The molecule has 0 aliphatic heterocycles. The lowest BCUT2D eigenvalue weighted by atomic mass is 10.1. The first-order valence-electron chi connectivity index (χ1n) is 6.36. The molecule has 2 aromatic rings. The molecule has 0 fully saturated rings. The Labute approximate surface area is 124 Å². The van der Waals surface area contributed by atoms with E-state index in [0.717, 1.165) is 22.9 Å². The maximum Gasteiger partial charge on any atom is 0.416 e. The molecule has 0 radical (unpaired) electrons. The van der Waals surface area contributed by atoms with Crippen LogP contribution in [-0.4, -0.2) is 14.8 Å². The molecule has 1 aromatic carbocycles. The minimum atomic E-state index is -4.30. The summed E-state index contributed by atoms with van der Waals surface area (Å²) in [6, 6.07) is 5.14. The zero-order chi connectivity index (χ0) is 15.5. The van der Waals surface area contributed by atoms with E-state index in [1.54, 1.807) is 0 Å². The Morgan fingerprint density at radius 3 is 2.38 bits per heavy atom. The molecule has 0 aliphatic rings. The van der Waals surface area contributed by atoms with Crippen molar-refractivity contribution in [3.05, 3.63) is 41.2 Å². The van der Waals surface area contributed by atoms with Crippen molar-refractivity contribution in [2.24, 2.45) is 5.73 Å². The Bertz CT molecular complexity index is 592. The van der Waals surface area contributed by atoms with Crippen LogP contribution in [0.2, 0.25) is 0 Å². The number of aromatic nitrogens is 3. The third-order valence-electron chi connectivity index (χ3n) is 2.94. The summed E-state index contributed by atoms with van der Waals surface area (Å²) < 4.78 is 39.3. The van der Waals surface area contributed by atoms with Gasteiger partial charge in [-0.05, 0) is 24.6 Å². The molecule has 2 N–H and O–H groups in total. The molecule has 21 heavy (non-hydrogen) atoms. The second kappa shape index (κ2) is 6.48. The molecule has 4 nitrogen and oxygen atoms in total. The zero-order valence-corrected chi connectivity index (χ0v) is 12.2. The largest absolute Gasteiger partial charge is 0.416 e. The fraction of sp³-hybridized carbons (Fsp3) is 0.385. The number of nitrogens with two attached hydrogens (primary N) is 1. The van der Waals surface area contributed by atoms with Gasteiger partial charge in [-0.3, -0.25) is 0 Å². The number of hydrogen-bond acceptors (Lipinski definition) is 4. The van der Waals surface area contributed by atoms with Crippen LogP contribution in [0, 0.1) is 0 Å². The lowest BCUT2D eigenvalue weighted by Gasteiger charge is -2.08.